The highest BCUT2D eigenvalue weighted by Crippen LogP contribution is 2.27. The van der Waals surface area contributed by atoms with Gasteiger partial charge in [0, 0.05) is 32.0 Å². The molecule has 0 bridgehead atoms. The van der Waals surface area contributed by atoms with E-state index in [1.54, 1.807) is 0 Å². The monoisotopic (exact) mass is 423 g/mol. The summed E-state index contributed by atoms with van der Waals surface area (Å²) in [5, 5.41) is 0. The fourth-order valence-electron chi connectivity index (χ4n) is 3.59. The number of carbonyl (C=O) groups is 2. The van der Waals surface area contributed by atoms with Gasteiger partial charge in [0.2, 0.25) is 0 Å². The molecule has 0 spiro atoms. The molecule has 2 aromatic rings. The Kier molecular flexibility index (Phi) is 8.44. The lowest BCUT2D eigenvalue weighted by Crippen LogP contribution is -2.21. The predicted octanol–water partition coefficient (Wildman–Crippen LogP) is 6.14. The van der Waals surface area contributed by atoms with Crippen molar-refractivity contribution in [1.82, 2.24) is 4.90 Å². The van der Waals surface area contributed by atoms with Gasteiger partial charge in [0.15, 0.2) is 0 Å². The summed E-state index contributed by atoms with van der Waals surface area (Å²) >= 11 is 0. The van der Waals surface area contributed by atoms with E-state index in [1.165, 1.54) is 5.56 Å². The molecule has 3 rings (SSSR count). The third-order valence-corrected chi connectivity index (χ3v) is 5.30. The zero-order valence-corrected chi connectivity index (χ0v) is 18.9. The van der Waals surface area contributed by atoms with E-state index in [1.807, 2.05) is 42.3 Å². The van der Waals surface area contributed by atoms with Crippen LogP contribution in [0.1, 0.15) is 50.2 Å². The van der Waals surface area contributed by atoms with E-state index in [-0.39, 0.29) is 11.6 Å². The lowest BCUT2D eigenvalue weighted by molar-refractivity contribution is -0.119. The molecule has 3 nitrogen and oxygen atoms in total. The summed E-state index contributed by atoms with van der Waals surface area (Å²) in [7, 11) is 0. The number of nitrogens with zero attached hydrogens (tertiary/aromatic N) is 1. The van der Waals surface area contributed by atoms with Gasteiger partial charge in [-0.15, -0.1) is 5.73 Å². The number of hydrogen-bond donors (Lipinski definition) is 0. The summed E-state index contributed by atoms with van der Waals surface area (Å²) in [6.45, 7) is 4.60. The van der Waals surface area contributed by atoms with Gasteiger partial charge < -0.3 is 4.90 Å². The largest absolute Gasteiger partial charge is 0.333 e. The van der Waals surface area contributed by atoms with Crippen molar-refractivity contribution in [2.45, 2.75) is 52.5 Å². The highest BCUT2D eigenvalue weighted by atomic mass is 16.1. The first-order valence-electron chi connectivity index (χ1n) is 11.2. The van der Waals surface area contributed by atoms with Crippen LogP contribution in [0, 0.1) is 18.8 Å². The number of allylic oxidation sites excluding steroid dienone is 3. The Morgan fingerprint density at radius 3 is 2.62 bits per heavy atom. The van der Waals surface area contributed by atoms with E-state index in [9.17, 15) is 9.59 Å². The Bertz CT molecular complexity index is 1120. The van der Waals surface area contributed by atoms with Gasteiger partial charge in [-0.2, -0.15) is 0 Å². The lowest BCUT2D eigenvalue weighted by Gasteiger charge is -2.22. The number of benzene rings is 2. The Labute approximate surface area is 191 Å². The minimum absolute atomic E-state index is 0.199. The third kappa shape index (κ3) is 6.45. The van der Waals surface area contributed by atoms with Gasteiger partial charge in [0.05, 0.1) is 5.70 Å². The molecular weight excluding hydrogens is 394 g/mol. The second-order valence-corrected chi connectivity index (χ2v) is 7.90. The molecule has 0 saturated heterocycles. The van der Waals surface area contributed by atoms with E-state index in [0.717, 1.165) is 23.1 Å². The molecule has 0 atom stereocenters. The van der Waals surface area contributed by atoms with Gasteiger partial charge in [-0.05, 0) is 48.5 Å². The van der Waals surface area contributed by atoms with Crippen molar-refractivity contribution in [2.24, 2.45) is 0 Å². The predicted molar refractivity (Wildman–Crippen MR) is 129 cm³/mol. The van der Waals surface area contributed by atoms with Crippen LogP contribution in [0.4, 0.5) is 0 Å². The Morgan fingerprint density at radius 1 is 1.06 bits per heavy atom. The molecular formula is C29H29NO2. The zero-order chi connectivity index (χ0) is 22.8. The standard InChI is InChI=1S/C29H29NO2/c1-3-11-26(31)13-7-9-16-29(32)28-15-5-4-10-21-30(28)22-25-12-6-8-14-27(25)24-19-17-23(2)18-20-24/h4,6,8,12,14-15,17-21H,3,5,7,11,13,22H2,1-2H3. The summed E-state index contributed by atoms with van der Waals surface area (Å²) < 4.78 is 0. The molecule has 32 heavy (non-hydrogen) atoms. The zero-order valence-electron chi connectivity index (χ0n) is 18.9. The van der Waals surface area contributed by atoms with Crippen LogP contribution in [0.2, 0.25) is 0 Å². The van der Waals surface area contributed by atoms with Gasteiger partial charge in [0.25, 0.3) is 5.78 Å². The summed E-state index contributed by atoms with van der Waals surface area (Å²) in [4.78, 5) is 26.5. The van der Waals surface area contributed by atoms with Gasteiger partial charge in [-0.25, -0.2) is 0 Å². The quantitative estimate of drug-likeness (QED) is 0.291. The summed E-state index contributed by atoms with van der Waals surface area (Å²) in [6.07, 6.45) is 8.48. The molecule has 0 N–H and O–H groups in total. The molecule has 162 valence electrons. The van der Waals surface area contributed by atoms with Crippen LogP contribution < -0.4 is 0 Å². The molecule has 0 fully saturated rings. The molecule has 0 saturated carbocycles. The van der Waals surface area contributed by atoms with E-state index in [4.69, 9.17) is 0 Å². The molecule has 0 amide bonds. The molecule has 0 radical (unpaired) electrons. The normalized spacial score (nSPS) is 12.6. The summed E-state index contributed by atoms with van der Waals surface area (Å²) in [5.41, 5.74) is 8.32. The summed E-state index contributed by atoms with van der Waals surface area (Å²) in [6, 6.07) is 16.7. The van der Waals surface area contributed by atoms with E-state index >= 15 is 0 Å². The first-order valence-corrected chi connectivity index (χ1v) is 11.2. The van der Waals surface area contributed by atoms with Gasteiger partial charge in [0.1, 0.15) is 5.78 Å². The van der Waals surface area contributed by atoms with Crippen LogP contribution in [0.25, 0.3) is 11.1 Å². The average Bonchev–Trinajstić information content (AvgIpc) is 3.03. The Hall–Kier alpha value is -3.60. The smallest absolute Gasteiger partial charge is 0.251 e. The van der Waals surface area contributed by atoms with Crippen LogP contribution in [-0.2, 0) is 16.1 Å². The highest BCUT2D eigenvalue weighted by Gasteiger charge is 2.17. The lowest BCUT2D eigenvalue weighted by atomic mass is 9.98. The van der Waals surface area contributed by atoms with Crippen LogP contribution in [0.5, 0.6) is 0 Å². The number of hydrogen-bond acceptors (Lipinski definition) is 3. The van der Waals surface area contributed by atoms with Crippen LogP contribution in [0.15, 0.2) is 78.3 Å². The maximum atomic E-state index is 12.9. The molecule has 0 unspecified atom stereocenters. The average molecular weight is 424 g/mol. The fraction of sp³-hybridized carbons (Fsp3) is 0.276. The summed E-state index contributed by atoms with van der Waals surface area (Å²) in [5.74, 6) is 5.59. The number of aryl methyl sites for hydroxylation is 1. The topological polar surface area (TPSA) is 37.4 Å². The number of rotatable bonds is 8. The molecule has 1 heterocycles. The van der Waals surface area contributed by atoms with E-state index in [2.05, 4.69) is 60.9 Å². The maximum Gasteiger partial charge on any atom is 0.251 e. The molecule has 1 aliphatic rings. The minimum Gasteiger partial charge on any atom is -0.333 e. The first kappa shape index (κ1) is 23.1. The Morgan fingerprint density at radius 2 is 1.84 bits per heavy atom. The highest BCUT2D eigenvalue weighted by molar-refractivity contribution is 6.08. The molecule has 2 aromatic carbocycles. The maximum absolute atomic E-state index is 12.9. The van der Waals surface area contributed by atoms with E-state index in [0.29, 0.717) is 37.9 Å². The van der Waals surface area contributed by atoms with Crippen molar-refractivity contribution in [2.75, 3.05) is 0 Å². The number of Topliss-reactive ketones (excluding diaryl/α,β-unsaturated/α-hetero) is 2. The van der Waals surface area contributed by atoms with Crippen molar-refractivity contribution in [3.05, 3.63) is 89.4 Å². The van der Waals surface area contributed by atoms with Crippen LogP contribution in [-0.4, -0.2) is 16.5 Å². The van der Waals surface area contributed by atoms with Crippen molar-refractivity contribution < 1.29 is 9.59 Å². The van der Waals surface area contributed by atoms with Gasteiger partial charge in [-0.1, -0.05) is 73.0 Å². The number of ketones is 2. The third-order valence-electron chi connectivity index (χ3n) is 5.30. The number of carbonyl (C=O) groups excluding carboxylic acids is 2. The van der Waals surface area contributed by atoms with Gasteiger partial charge in [-0.3, -0.25) is 9.59 Å². The van der Waals surface area contributed by atoms with Gasteiger partial charge >= 0.3 is 0 Å². The minimum atomic E-state index is -0.228. The second kappa shape index (κ2) is 11.7. The van der Waals surface area contributed by atoms with Crippen molar-refractivity contribution >= 4 is 11.6 Å². The first-order chi connectivity index (χ1) is 15.6. The SMILES string of the molecule is CCCC(=O)CCC#CC(=O)C1=CCC=C=CN1Cc1ccccc1-c1ccc(C)cc1. The van der Waals surface area contributed by atoms with Crippen LogP contribution >= 0.6 is 0 Å². The fourth-order valence-corrected chi connectivity index (χ4v) is 3.59. The molecule has 1 aliphatic heterocycles. The Balaban J connectivity index is 1.78. The van der Waals surface area contributed by atoms with Crippen molar-refractivity contribution in [3.8, 4) is 23.0 Å². The molecule has 3 heteroatoms. The molecule has 0 aromatic heterocycles. The van der Waals surface area contributed by atoms with Crippen molar-refractivity contribution in [3.63, 3.8) is 0 Å². The van der Waals surface area contributed by atoms with E-state index < -0.39 is 0 Å². The second-order valence-electron chi connectivity index (χ2n) is 7.90. The molecule has 0 aliphatic carbocycles. The van der Waals surface area contributed by atoms with Crippen LogP contribution in [0.3, 0.4) is 0 Å². The van der Waals surface area contributed by atoms with Crippen molar-refractivity contribution in [1.29, 1.82) is 0 Å².